The summed E-state index contributed by atoms with van der Waals surface area (Å²) in [5.74, 6) is 3.37. The molecule has 2 aromatic rings. The molecule has 18 heavy (non-hydrogen) atoms. The third-order valence-electron chi connectivity index (χ3n) is 4.15. The van der Waals surface area contributed by atoms with Crippen molar-refractivity contribution in [3.8, 4) is 11.5 Å². The minimum Gasteiger partial charge on any atom is -0.469 e. The van der Waals surface area contributed by atoms with Crippen molar-refractivity contribution in [2.75, 3.05) is 5.75 Å². The van der Waals surface area contributed by atoms with Gasteiger partial charge in [-0.1, -0.05) is 11.8 Å². The van der Waals surface area contributed by atoms with Crippen molar-refractivity contribution in [3.05, 3.63) is 18.1 Å². The van der Waals surface area contributed by atoms with E-state index in [4.69, 9.17) is 8.83 Å². The molecular weight excluding hydrogens is 248 g/mol. The van der Waals surface area contributed by atoms with Gasteiger partial charge in [0.1, 0.15) is 5.76 Å². The van der Waals surface area contributed by atoms with Gasteiger partial charge in [-0.25, -0.2) is 0 Å². The molecule has 0 saturated heterocycles. The van der Waals surface area contributed by atoms with Gasteiger partial charge < -0.3 is 8.83 Å². The van der Waals surface area contributed by atoms with E-state index in [0.717, 1.165) is 28.4 Å². The zero-order chi connectivity index (χ0) is 12.2. The smallest absolute Gasteiger partial charge is 0.276 e. The fraction of sp³-hybridized carbons (Fsp3) is 0.538. The molecule has 2 aliphatic rings. The topological polar surface area (TPSA) is 52.1 Å². The molecular formula is C13H14N2O2S. The number of hydrogen-bond donors (Lipinski definition) is 0. The number of aromatic nitrogens is 2. The normalized spacial score (nSPS) is 23.5. The van der Waals surface area contributed by atoms with Crippen LogP contribution in [-0.2, 0) is 0 Å². The summed E-state index contributed by atoms with van der Waals surface area (Å²) in [5.41, 5.74) is 1.64. The fourth-order valence-corrected chi connectivity index (χ4v) is 3.65. The first kappa shape index (κ1) is 10.7. The first-order valence-electron chi connectivity index (χ1n) is 6.28. The van der Waals surface area contributed by atoms with Gasteiger partial charge in [0.2, 0.25) is 0 Å². The predicted octanol–water partition coefficient (Wildman–Crippen LogP) is 3.53. The van der Waals surface area contributed by atoms with E-state index < -0.39 is 0 Å². The van der Waals surface area contributed by atoms with E-state index in [-0.39, 0.29) is 0 Å². The first-order valence-corrected chi connectivity index (χ1v) is 7.26. The molecule has 2 aromatic heterocycles. The van der Waals surface area contributed by atoms with Crippen molar-refractivity contribution in [2.45, 2.75) is 31.4 Å². The highest BCUT2D eigenvalue weighted by atomic mass is 32.2. The van der Waals surface area contributed by atoms with Crippen LogP contribution < -0.4 is 0 Å². The number of nitrogens with zero attached hydrogens (tertiary/aromatic N) is 2. The molecule has 94 valence electrons. The van der Waals surface area contributed by atoms with Gasteiger partial charge in [-0.3, -0.25) is 0 Å². The van der Waals surface area contributed by atoms with Crippen LogP contribution in [0, 0.1) is 18.3 Å². The second kappa shape index (κ2) is 3.63. The molecule has 1 atom stereocenters. The second-order valence-corrected chi connectivity index (χ2v) is 6.31. The van der Waals surface area contributed by atoms with E-state index in [1.807, 2.05) is 13.0 Å². The molecule has 2 heterocycles. The molecule has 1 unspecified atom stereocenters. The monoisotopic (exact) mass is 262 g/mol. The Morgan fingerprint density at radius 3 is 3.00 bits per heavy atom. The first-order chi connectivity index (χ1) is 8.77. The Morgan fingerprint density at radius 2 is 2.33 bits per heavy atom. The van der Waals surface area contributed by atoms with Crippen LogP contribution in [0.2, 0.25) is 0 Å². The zero-order valence-electron chi connectivity index (χ0n) is 10.2. The average molecular weight is 262 g/mol. The van der Waals surface area contributed by atoms with Gasteiger partial charge in [0.25, 0.3) is 11.1 Å². The number of rotatable bonds is 4. The summed E-state index contributed by atoms with van der Waals surface area (Å²) in [6.45, 7) is 1.90. The molecule has 2 saturated carbocycles. The lowest BCUT2D eigenvalue weighted by molar-refractivity contribution is 0.463. The lowest BCUT2D eigenvalue weighted by atomic mass is 10.3. The van der Waals surface area contributed by atoms with Crippen molar-refractivity contribution in [2.24, 2.45) is 11.3 Å². The fourth-order valence-electron chi connectivity index (χ4n) is 2.60. The molecule has 1 spiro atoms. The standard InChI is InChI=1S/C13H14N2O2S/c1-8-10(2-5-16-8)11-14-15-12(17-11)18-7-9-6-13(9)3-4-13/h2,5,9H,3-4,6-7H2,1H3. The summed E-state index contributed by atoms with van der Waals surface area (Å²) < 4.78 is 10.9. The minimum absolute atomic E-state index is 0.556. The van der Waals surface area contributed by atoms with Crippen LogP contribution in [0.1, 0.15) is 25.0 Å². The molecule has 2 fully saturated rings. The summed E-state index contributed by atoms with van der Waals surface area (Å²) in [6, 6.07) is 1.86. The van der Waals surface area contributed by atoms with Crippen LogP contribution in [0.3, 0.4) is 0 Å². The Hall–Kier alpha value is -1.23. The quantitative estimate of drug-likeness (QED) is 0.789. The van der Waals surface area contributed by atoms with E-state index in [1.54, 1.807) is 18.0 Å². The Kier molecular flexibility index (Phi) is 2.15. The molecule has 0 bridgehead atoms. The number of thioether (sulfide) groups is 1. The van der Waals surface area contributed by atoms with Gasteiger partial charge in [-0.2, -0.15) is 0 Å². The Balaban J connectivity index is 1.44. The maximum absolute atomic E-state index is 5.66. The van der Waals surface area contributed by atoms with Crippen molar-refractivity contribution in [1.29, 1.82) is 0 Å². The van der Waals surface area contributed by atoms with Crippen molar-refractivity contribution < 1.29 is 8.83 Å². The Bertz CT molecular complexity index is 585. The van der Waals surface area contributed by atoms with Crippen LogP contribution in [0.4, 0.5) is 0 Å². The molecule has 4 rings (SSSR count). The molecule has 0 radical (unpaired) electrons. The molecule has 0 N–H and O–H groups in total. The summed E-state index contributed by atoms with van der Waals surface area (Å²) in [6.07, 6.45) is 5.91. The average Bonchev–Trinajstić information content (AvgIpc) is 3.16. The van der Waals surface area contributed by atoms with Gasteiger partial charge in [-0.15, -0.1) is 10.2 Å². The third kappa shape index (κ3) is 1.68. The SMILES string of the molecule is Cc1occc1-c1nnc(SCC2CC23CC3)o1. The van der Waals surface area contributed by atoms with Crippen LogP contribution in [0.5, 0.6) is 0 Å². The van der Waals surface area contributed by atoms with Crippen molar-refractivity contribution in [3.63, 3.8) is 0 Å². The van der Waals surface area contributed by atoms with Crippen molar-refractivity contribution >= 4 is 11.8 Å². The number of aryl methyl sites for hydroxylation is 1. The molecule has 4 nitrogen and oxygen atoms in total. The van der Waals surface area contributed by atoms with Crippen LogP contribution >= 0.6 is 11.8 Å². The maximum Gasteiger partial charge on any atom is 0.276 e. The zero-order valence-corrected chi connectivity index (χ0v) is 11.0. The summed E-state index contributed by atoms with van der Waals surface area (Å²) in [5, 5.41) is 8.83. The lowest BCUT2D eigenvalue weighted by Crippen LogP contribution is -1.85. The Labute approximate surface area is 109 Å². The second-order valence-electron chi connectivity index (χ2n) is 5.34. The molecule has 0 amide bonds. The molecule has 2 aliphatic carbocycles. The van der Waals surface area contributed by atoms with Crippen molar-refractivity contribution in [1.82, 2.24) is 10.2 Å². The largest absolute Gasteiger partial charge is 0.469 e. The summed E-state index contributed by atoms with van der Waals surface area (Å²) >= 11 is 1.69. The van der Waals surface area contributed by atoms with E-state index in [1.165, 1.54) is 19.3 Å². The summed E-state index contributed by atoms with van der Waals surface area (Å²) in [4.78, 5) is 0. The predicted molar refractivity (Wildman–Crippen MR) is 67.2 cm³/mol. The van der Waals surface area contributed by atoms with E-state index in [9.17, 15) is 0 Å². The van der Waals surface area contributed by atoms with Crippen LogP contribution in [0.25, 0.3) is 11.5 Å². The van der Waals surface area contributed by atoms with Gasteiger partial charge >= 0.3 is 0 Å². The van der Waals surface area contributed by atoms with Gasteiger partial charge in [-0.05, 0) is 43.6 Å². The van der Waals surface area contributed by atoms with E-state index >= 15 is 0 Å². The highest BCUT2D eigenvalue weighted by Crippen LogP contribution is 2.71. The maximum atomic E-state index is 5.66. The number of hydrogen-bond acceptors (Lipinski definition) is 5. The third-order valence-corrected chi connectivity index (χ3v) is 5.14. The highest BCUT2D eigenvalue weighted by Gasteiger charge is 2.62. The van der Waals surface area contributed by atoms with Gasteiger partial charge in [0.05, 0.1) is 11.8 Å². The molecule has 5 heteroatoms. The summed E-state index contributed by atoms with van der Waals surface area (Å²) in [7, 11) is 0. The molecule has 0 aliphatic heterocycles. The van der Waals surface area contributed by atoms with Crippen LogP contribution in [0.15, 0.2) is 26.4 Å². The lowest BCUT2D eigenvalue weighted by Gasteiger charge is -1.93. The van der Waals surface area contributed by atoms with E-state index in [2.05, 4.69) is 10.2 Å². The molecule has 0 aromatic carbocycles. The minimum atomic E-state index is 0.556. The highest BCUT2D eigenvalue weighted by molar-refractivity contribution is 7.99. The number of furan rings is 1. The van der Waals surface area contributed by atoms with Gasteiger partial charge in [0, 0.05) is 5.75 Å². The Morgan fingerprint density at radius 1 is 1.44 bits per heavy atom. The van der Waals surface area contributed by atoms with E-state index in [0.29, 0.717) is 11.1 Å². The van der Waals surface area contributed by atoms with Gasteiger partial charge in [0.15, 0.2) is 0 Å². The van der Waals surface area contributed by atoms with Crippen LogP contribution in [-0.4, -0.2) is 16.0 Å².